The van der Waals surface area contributed by atoms with Gasteiger partial charge in [0.25, 0.3) is 0 Å². The van der Waals surface area contributed by atoms with Crippen LogP contribution in [0.5, 0.6) is 0 Å². The van der Waals surface area contributed by atoms with Crippen molar-refractivity contribution in [1.82, 2.24) is 24.6 Å². The molecule has 0 bridgehead atoms. The molecule has 2 aromatic heterocycles. The van der Waals surface area contributed by atoms with Crippen molar-refractivity contribution in [2.45, 2.75) is 19.5 Å². The van der Waals surface area contributed by atoms with Gasteiger partial charge in [0.05, 0.1) is 10.4 Å². The number of rotatable bonds is 2. The van der Waals surface area contributed by atoms with Crippen molar-refractivity contribution < 1.29 is 0 Å². The zero-order chi connectivity index (χ0) is 11.8. The Kier molecular flexibility index (Phi) is 2.68. The molecule has 0 amide bonds. The summed E-state index contributed by atoms with van der Waals surface area (Å²) in [5, 5.41) is 4.40. The Morgan fingerprint density at radius 1 is 1.47 bits per heavy atom. The van der Waals surface area contributed by atoms with E-state index in [4.69, 9.17) is 0 Å². The van der Waals surface area contributed by atoms with Gasteiger partial charge in [0.1, 0.15) is 12.5 Å². The van der Waals surface area contributed by atoms with Crippen molar-refractivity contribution in [1.29, 1.82) is 0 Å². The van der Waals surface area contributed by atoms with Gasteiger partial charge in [-0.3, -0.25) is 9.88 Å². The van der Waals surface area contributed by atoms with E-state index in [9.17, 15) is 0 Å². The van der Waals surface area contributed by atoms with Crippen LogP contribution in [-0.4, -0.2) is 38.2 Å². The van der Waals surface area contributed by atoms with E-state index in [0.29, 0.717) is 12.1 Å². The Balaban J connectivity index is 2.01. The molecule has 17 heavy (non-hydrogen) atoms. The SMILES string of the molecule is CC1CCN(C)C1n1ncnc1-c1cncs1. The first-order valence-corrected chi connectivity index (χ1v) is 6.64. The van der Waals surface area contributed by atoms with Gasteiger partial charge in [-0.15, -0.1) is 11.3 Å². The summed E-state index contributed by atoms with van der Waals surface area (Å²) in [4.78, 5) is 11.9. The highest BCUT2D eigenvalue weighted by Crippen LogP contribution is 2.34. The maximum absolute atomic E-state index is 4.40. The molecule has 3 heterocycles. The fraction of sp³-hybridized carbons (Fsp3) is 0.545. The van der Waals surface area contributed by atoms with E-state index < -0.39 is 0 Å². The van der Waals surface area contributed by atoms with Crippen LogP contribution in [0.1, 0.15) is 19.5 Å². The van der Waals surface area contributed by atoms with Gasteiger partial charge in [-0.2, -0.15) is 5.10 Å². The van der Waals surface area contributed by atoms with E-state index in [1.807, 2.05) is 16.4 Å². The number of nitrogens with zero attached hydrogens (tertiary/aromatic N) is 5. The lowest BCUT2D eigenvalue weighted by atomic mass is 10.1. The highest BCUT2D eigenvalue weighted by molar-refractivity contribution is 7.13. The minimum absolute atomic E-state index is 0.314. The summed E-state index contributed by atoms with van der Waals surface area (Å²) in [7, 11) is 2.15. The first-order valence-electron chi connectivity index (χ1n) is 5.76. The first kappa shape index (κ1) is 10.9. The second kappa shape index (κ2) is 4.19. The molecular weight excluding hydrogens is 234 g/mol. The molecule has 2 unspecified atom stereocenters. The lowest BCUT2D eigenvalue weighted by molar-refractivity contribution is 0.187. The summed E-state index contributed by atoms with van der Waals surface area (Å²) >= 11 is 1.60. The molecule has 0 aromatic carbocycles. The third-order valence-electron chi connectivity index (χ3n) is 3.37. The van der Waals surface area contributed by atoms with Crippen molar-refractivity contribution in [2.24, 2.45) is 5.92 Å². The lowest BCUT2D eigenvalue weighted by Gasteiger charge is -2.24. The van der Waals surface area contributed by atoms with Crippen LogP contribution >= 0.6 is 11.3 Å². The van der Waals surface area contributed by atoms with Crippen molar-refractivity contribution in [2.75, 3.05) is 13.6 Å². The molecule has 6 heteroatoms. The highest BCUT2D eigenvalue weighted by atomic mass is 32.1. The third-order valence-corrected chi connectivity index (χ3v) is 4.14. The average Bonchev–Trinajstić information content (AvgIpc) is 2.98. The van der Waals surface area contributed by atoms with Crippen molar-refractivity contribution in [3.63, 3.8) is 0 Å². The Bertz CT molecular complexity index is 482. The maximum atomic E-state index is 4.40. The number of thiazole rings is 1. The molecule has 1 fully saturated rings. The van der Waals surface area contributed by atoms with Gasteiger partial charge in [0.2, 0.25) is 0 Å². The fourth-order valence-electron chi connectivity index (χ4n) is 2.50. The van der Waals surface area contributed by atoms with Gasteiger partial charge in [0, 0.05) is 12.7 Å². The molecule has 0 aliphatic carbocycles. The molecule has 1 aliphatic heterocycles. The second-order valence-corrected chi connectivity index (χ2v) is 5.44. The van der Waals surface area contributed by atoms with Gasteiger partial charge in [-0.1, -0.05) is 6.92 Å². The quantitative estimate of drug-likeness (QED) is 0.815. The molecule has 0 spiro atoms. The minimum Gasteiger partial charge on any atom is -0.285 e. The Labute approximate surface area is 104 Å². The van der Waals surface area contributed by atoms with Crippen LogP contribution in [0.25, 0.3) is 10.7 Å². The predicted octanol–water partition coefficient (Wildman–Crippen LogP) is 1.87. The maximum Gasteiger partial charge on any atom is 0.171 e. The molecule has 90 valence electrons. The summed E-state index contributed by atoms with van der Waals surface area (Å²) in [5.41, 5.74) is 1.83. The van der Waals surface area contributed by atoms with Crippen LogP contribution in [0.2, 0.25) is 0 Å². The Morgan fingerprint density at radius 2 is 2.35 bits per heavy atom. The number of hydrogen-bond acceptors (Lipinski definition) is 5. The van der Waals surface area contributed by atoms with Gasteiger partial charge in [0.15, 0.2) is 5.82 Å². The molecule has 2 atom stereocenters. The summed E-state index contributed by atoms with van der Waals surface area (Å²) in [6, 6.07) is 0. The number of likely N-dealkylation sites (tertiary alicyclic amines) is 1. The molecule has 2 aromatic rings. The molecule has 1 aliphatic rings. The summed E-state index contributed by atoms with van der Waals surface area (Å²) in [6.45, 7) is 3.39. The summed E-state index contributed by atoms with van der Waals surface area (Å²) in [5.74, 6) is 1.53. The average molecular weight is 249 g/mol. The van der Waals surface area contributed by atoms with Crippen molar-refractivity contribution >= 4 is 11.3 Å². The smallest absolute Gasteiger partial charge is 0.171 e. The molecule has 3 rings (SSSR count). The fourth-order valence-corrected chi connectivity index (χ4v) is 3.11. The van der Waals surface area contributed by atoms with Gasteiger partial charge in [-0.25, -0.2) is 9.67 Å². The zero-order valence-corrected chi connectivity index (χ0v) is 10.8. The van der Waals surface area contributed by atoms with Crippen LogP contribution < -0.4 is 0 Å². The van der Waals surface area contributed by atoms with E-state index in [1.54, 1.807) is 17.7 Å². The van der Waals surface area contributed by atoms with E-state index in [2.05, 4.69) is 33.9 Å². The minimum atomic E-state index is 0.314. The molecule has 5 nitrogen and oxygen atoms in total. The first-order chi connectivity index (χ1) is 8.27. The topological polar surface area (TPSA) is 46.8 Å². The second-order valence-electron chi connectivity index (χ2n) is 4.55. The van der Waals surface area contributed by atoms with E-state index in [-0.39, 0.29) is 0 Å². The van der Waals surface area contributed by atoms with Crippen molar-refractivity contribution in [3.8, 4) is 10.7 Å². The largest absolute Gasteiger partial charge is 0.285 e. The number of hydrogen-bond donors (Lipinski definition) is 0. The van der Waals surface area contributed by atoms with Gasteiger partial charge < -0.3 is 0 Å². The van der Waals surface area contributed by atoms with E-state index in [1.165, 1.54) is 6.42 Å². The Morgan fingerprint density at radius 3 is 3.00 bits per heavy atom. The van der Waals surface area contributed by atoms with Crippen LogP contribution in [0.4, 0.5) is 0 Å². The van der Waals surface area contributed by atoms with Crippen LogP contribution in [-0.2, 0) is 0 Å². The monoisotopic (exact) mass is 249 g/mol. The number of aromatic nitrogens is 4. The Hall–Kier alpha value is -1.27. The van der Waals surface area contributed by atoms with Crippen LogP contribution in [0.15, 0.2) is 18.0 Å². The zero-order valence-electron chi connectivity index (χ0n) is 9.95. The normalized spacial score (nSPS) is 25.5. The molecule has 1 saturated heterocycles. The lowest BCUT2D eigenvalue weighted by Crippen LogP contribution is -2.27. The van der Waals surface area contributed by atoms with Crippen molar-refractivity contribution in [3.05, 3.63) is 18.0 Å². The molecule has 0 radical (unpaired) electrons. The molecular formula is C11H15N5S. The summed E-state index contributed by atoms with van der Waals surface area (Å²) < 4.78 is 2.03. The van der Waals surface area contributed by atoms with Gasteiger partial charge in [-0.05, 0) is 19.4 Å². The van der Waals surface area contributed by atoms with Crippen LogP contribution in [0.3, 0.4) is 0 Å². The highest BCUT2D eigenvalue weighted by Gasteiger charge is 2.32. The predicted molar refractivity (Wildman–Crippen MR) is 66.6 cm³/mol. The summed E-state index contributed by atoms with van der Waals surface area (Å²) in [6.07, 6.45) is 5.01. The molecule has 0 saturated carbocycles. The third kappa shape index (κ3) is 1.77. The molecule has 0 N–H and O–H groups in total. The van der Waals surface area contributed by atoms with Crippen LogP contribution in [0, 0.1) is 5.92 Å². The standard InChI is InChI=1S/C11H15N5S/c1-8-3-4-15(2)11(8)16-10(13-6-14-16)9-5-12-7-17-9/h5-8,11H,3-4H2,1-2H3. The van der Waals surface area contributed by atoms with Gasteiger partial charge >= 0.3 is 0 Å². The van der Waals surface area contributed by atoms with E-state index >= 15 is 0 Å². The van der Waals surface area contributed by atoms with E-state index in [0.717, 1.165) is 17.2 Å².